The number of esters is 1. The van der Waals surface area contributed by atoms with Crippen LogP contribution in [0.4, 0.5) is 0 Å². The molecule has 0 saturated heterocycles. The average molecular weight is 436 g/mol. The van der Waals surface area contributed by atoms with E-state index in [2.05, 4.69) is 9.97 Å². The Morgan fingerprint density at radius 1 is 1.19 bits per heavy atom. The molecule has 0 saturated carbocycles. The molecule has 0 N–H and O–H groups in total. The molecule has 31 heavy (non-hydrogen) atoms. The van der Waals surface area contributed by atoms with E-state index >= 15 is 0 Å². The van der Waals surface area contributed by atoms with Crippen molar-refractivity contribution in [2.24, 2.45) is 0 Å². The number of ether oxygens (including phenoxy) is 2. The Hall–Kier alpha value is -3.26. The highest BCUT2D eigenvalue weighted by Gasteiger charge is 2.23. The average Bonchev–Trinajstić information content (AvgIpc) is 3.34. The van der Waals surface area contributed by atoms with Crippen LogP contribution in [0.1, 0.15) is 45.5 Å². The number of benzene rings is 1. The standard InChI is InChI=1S/C23H20N2O5S/c1-4-28-23(27)19-11(2)18-20(24-12(3)25-21(18)31-19)29-13-8-9-15-14-6-5-7-16(14)22(26)30-17(15)10-13/h8-10H,4-7H2,1-3H3. The van der Waals surface area contributed by atoms with Gasteiger partial charge in [0.2, 0.25) is 5.88 Å². The van der Waals surface area contributed by atoms with Gasteiger partial charge in [-0.25, -0.2) is 14.6 Å². The van der Waals surface area contributed by atoms with Crippen molar-refractivity contribution in [1.82, 2.24) is 9.97 Å². The van der Waals surface area contributed by atoms with Crippen LogP contribution in [0.2, 0.25) is 0 Å². The topological polar surface area (TPSA) is 91.5 Å². The Labute approximate surface area is 181 Å². The Morgan fingerprint density at radius 3 is 2.81 bits per heavy atom. The van der Waals surface area contributed by atoms with Crippen molar-refractivity contribution in [3.63, 3.8) is 0 Å². The molecule has 0 fully saturated rings. The fourth-order valence-electron chi connectivity index (χ4n) is 4.11. The summed E-state index contributed by atoms with van der Waals surface area (Å²) < 4.78 is 16.8. The van der Waals surface area contributed by atoms with Crippen LogP contribution in [0.15, 0.2) is 27.4 Å². The lowest BCUT2D eigenvalue weighted by Crippen LogP contribution is -2.06. The van der Waals surface area contributed by atoms with Gasteiger partial charge in [-0.3, -0.25) is 0 Å². The summed E-state index contributed by atoms with van der Waals surface area (Å²) in [6, 6.07) is 5.48. The highest BCUT2D eigenvalue weighted by atomic mass is 32.1. The normalized spacial score (nSPS) is 13.0. The Kier molecular flexibility index (Phi) is 4.74. The molecule has 1 aliphatic rings. The third-order valence-electron chi connectivity index (χ3n) is 5.49. The van der Waals surface area contributed by atoms with Crippen molar-refractivity contribution in [2.45, 2.75) is 40.0 Å². The number of aromatic nitrogens is 2. The zero-order valence-electron chi connectivity index (χ0n) is 17.4. The summed E-state index contributed by atoms with van der Waals surface area (Å²) in [7, 11) is 0. The van der Waals surface area contributed by atoms with Crippen LogP contribution >= 0.6 is 11.3 Å². The molecule has 0 bridgehead atoms. The van der Waals surface area contributed by atoms with Gasteiger partial charge < -0.3 is 13.9 Å². The quantitative estimate of drug-likeness (QED) is 0.333. The molecule has 5 rings (SSSR count). The number of hydrogen-bond donors (Lipinski definition) is 0. The van der Waals surface area contributed by atoms with Crippen molar-refractivity contribution in [1.29, 1.82) is 0 Å². The second-order valence-corrected chi connectivity index (χ2v) is 8.49. The first-order valence-electron chi connectivity index (χ1n) is 10.2. The van der Waals surface area contributed by atoms with Gasteiger partial charge >= 0.3 is 11.6 Å². The van der Waals surface area contributed by atoms with Crippen molar-refractivity contribution in [3.05, 3.63) is 56.0 Å². The molecule has 4 aromatic rings. The molecule has 3 aromatic heterocycles. The number of thiophene rings is 1. The summed E-state index contributed by atoms with van der Waals surface area (Å²) in [5.74, 6) is 1.00. The van der Waals surface area contributed by atoms with Gasteiger partial charge in [0.05, 0.1) is 12.0 Å². The summed E-state index contributed by atoms with van der Waals surface area (Å²) in [5.41, 5.74) is 2.81. The summed E-state index contributed by atoms with van der Waals surface area (Å²) in [5, 5.41) is 1.62. The maximum atomic E-state index is 12.3. The molecule has 0 aliphatic heterocycles. The number of nitrogens with zero attached hydrogens (tertiary/aromatic N) is 2. The largest absolute Gasteiger partial charge is 0.462 e. The van der Waals surface area contributed by atoms with Crippen LogP contribution in [0, 0.1) is 13.8 Å². The van der Waals surface area contributed by atoms with Crippen molar-refractivity contribution in [2.75, 3.05) is 6.61 Å². The van der Waals surface area contributed by atoms with E-state index in [0.29, 0.717) is 44.7 Å². The van der Waals surface area contributed by atoms with Gasteiger partial charge in [0.1, 0.15) is 26.9 Å². The van der Waals surface area contributed by atoms with Gasteiger partial charge in [-0.15, -0.1) is 11.3 Å². The monoisotopic (exact) mass is 436 g/mol. The molecule has 0 atom stereocenters. The minimum absolute atomic E-state index is 0.273. The van der Waals surface area contributed by atoms with Gasteiger partial charge in [0, 0.05) is 17.0 Å². The maximum Gasteiger partial charge on any atom is 0.348 e. The fourth-order valence-corrected chi connectivity index (χ4v) is 5.22. The van der Waals surface area contributed by atoms with E-state index in [4.69, 9.17) is 13.9 Å². The maximum absolute atomic E-state index is 12.3. The van der Waals surface area contributed by atoms with E-state index in [-0.39, 0.29) is 11.6 Å². The molecule has 8 heteroatoms. The van der Waals surface area contributed by atoms with E-state index in [9.17, 15) is 9.59 Å². The van der Waals surface area contributed by atoms with E-state index in [0.717, 1.165) is 41.3 Å². The van der Waals surface area contributed by atoms with Gasteiger partial charge in [0.15, 0.2) is 0 Å². The van der Waals surface area contributed by atoms with Crippen LogP contribution in [-0.4, -0.2) is 22.5 Å². The molecule has 7 nitrogen and oxygen atoms in total. The predicted molar refractivity (Wildman–Crippen MR) is 117 cm³/mol. The van der Waals surface area contributed by atoms with Crippen LogP contribution in [0.25, 0.3) is 21.2 Å². The molecular formula is C23H20N2O5S. The van der Waals surface area contributed by atoms with Crippen molar-refractivity contribution >= 4 is 38.5 Å². The zero-order chi connectivity index (χ0) is 21.7. The number of rotatable bonds is 4. The lowest BCUT2D eigenvalue weighted by Gasteiger charge is -2.09. The number of fused-ring (bicyclic) bond motifs is 4. The zero-order valence-corrected chi connectivity index (χ0v) is 18.2. The van der Waals surface area contributed by atoms with Crippen LogP contribution in [-0.2, 0) is 17.6 Å². The minimum Gasteiger partial charge on any atom is -0.462 e. The van der Waals surface area contributed by atoms with Crippen LogP contribution in [0.5, 0.6) is 11.6 Å². The molecule has 1 aliphatic carbocycles. The predicted octanol–water partition coefficient (Wildman–Crippen LogP) is 4.87. The molecule has 158 valence electrons. The van der Waals surface area contributed by atoms with Gasteiger partial charge in [0.25, 0.3) is 0 Å². The first-order valence-corrected chi connectivity index (χ1v) is 11.0. The summed E-state index contributed by atoms with van der Waals surface area (Å²) in [6.45, 7) is 5.67. The second kappa shape index (κ2) is 7.46. The van der Waals surface area contributed by atoms with Gasteiger partial charge in [-0.05, 0) is 63.3 Å². The summed E-state index contributed by atoms with van der Waals surface area (Å²) >= 11 is 1.26. The van der Waals surface area contributed by atoms with Gasteiger partial charge in [-0.1, -0.05) is 0 Å². The van der Waals surface area contributed by atoms with E-state index < -0.39 is 0 Å². The Bertz CT molecular complexity index is 1420. The first kappa shape index (κ1) is 19.7. The van der Waals surface area contributed by atoms with Crippen LogP contribution in [0.3, 0.4) is 0 Å². The number of aryl methyl sites for hydroxylation is 3. The highest BCUT2D eigenvalue weighted by molar-refractivity contribution is 7.20. The minimum atomic E-state index is -0.382. The van der Waals surface area contributed by atoms with Crippen molar-refractivity contribution < 1.29 is 18.7 Å². The number of carbonyl (C=O) groups excluding carboxylic acids is 1. The molecule has 1 aromatic carbocycles. The fraction of sp³-hybridized carbons (Fsp3) is 0.304. The third-order valence-corrected chi connectivity index (χ3v) is 6.65. The lowest BCUT2D eigenvalue weighted by molar-refractivity contribution is 0.0531. The second-order valence-electron chi connectivity index (χ2n) is 7.49. The lowest BCUT2D eigenvalue weighted by atomic mass is 10.1. The molecule has 0 amide bonds. The summed E-state index contributed by atoms with van der Waals surface area (Å²) in [4.78, 5) is 34.7. The molecule has 0 radical (unpaired) electrons. The Morgan fingerprint density at radius 2 is 2.00 bits per heavy atom. The molecular weight excluding hydrogens is 416 g/mol. The Balaban J connectivity index is 1.60. The number of carbonyl (C=O) groups is 1. The number of hydrogen-bond acceptors (Lipinski definition) is 8. The van der Waals surface area contributed by atoms with E-state index in [1.54, 1.807) is 19.9 Å². The SMILES string of the molecule is CCOC(=O)c1sc2nc(C)nc(Oc3ccc4c5c(c(=O)oc4c3)CCC5)c2c1C. The first-order chi connectivity index (χ1) is 15.0. The summed E-state index contributed by atoms with van der Waals surface area (Å²) in [6.07, 6.45) is 2.62. The van der Waals surface area contributed by atoms with E-state index in [1.807, 2.05) is 19.1 Å². The highest BCUT2D eigenvalue weighted by Crippen LogP contribution is 2.38. The van der Waals surface area contributed by atoms with Crippen molar-refractivity contribution in [3.8, 4) is 11.6 Å². The van der Waals surface area contributed by atoms with Gasteiger partial charge in [-0.2, -0.15) is 4.98 Å². The molecule has 0 unspecified atom stereocenters. The molecule has 0 spiro atoms. The third kappa shape index (κ3) is 3.27. The van der Waals surface area contributed by atoms with Crippen LogP contribution < -0.4 is 10.4 Å². The smallest absolute Gasteiger partial charge is 0.348 e. The van der Waals surface area contributed by atoms with E-state index in [1.165, 1.54) is 11.3 Å². The molecule has 3 heterocycles.